The number of ether oxygens (including phenoxy) is 1. The lowest BCUT2D eigenvalue weighted by atomic mass is 10.2. The van der Waals surface area contributed by atoms with Crippen molar-refractivity contribution in [1.82, 2.24) is 0 Å². The Morgan fingerprint density at radius 1 is 1.33 bits per heavy atom. The summed E-state index contributed by atoms with van der Waals surface area (Å²) in [6.45, 7) is 2.83. The Morgan fingerprint density at radius 3 is 2.71 bits per heavy atom. The predicted octanol–water partition coefficient (Wildman–Crippen LogP) is 2.23. The summed E-state index contributed by atoms with van der Waals surface area (Å²) in [5, 5.41) is 12.0. The molecule has 1 aromatic carbocycles. The smallest absolute Gasteiger partial charge is 0.175 e. The summed E-state index contributed by atoms with van der Waals surface area (Å²) in [6.07, 6.45) is 7.16. The van der Waals surface area contributed by atoms with E-state index in [-0.39, 0.29) is 18.1 Å². The molecule has 0 spiro atoms. The second kappa shape index (κ2) is 8.69. The van der Waals surface area contributed by atoms with Crippen molar-refractivity contribution in [2.45, 2.75) is 24.7 Å². The van der Waals surface area contributed by atoms with E-state index < -0.39 is 9.84 Å². The molecule has 0 aliphatic heterocycles. The highest BCUT2D eigenvalue weighted by molar-refractivity contribution is 7.90. The van der Waals surface area contributed by atoms with Crippen molar-refractivity contribution in [3.8, 4) is 5.75 Å². The lowest BCUT2D eigenvalue weighted by Gasteiger charge is -2.13. The molecule has 1 aromatic rings. The minimum Gasteiger partial charge on any atom is -0.489 e. The first-order valence-electron chi connectivity index (χ1n) is 6.95. The number of rotatable bonds is 9. The second-order valence-electron chi connectivity index (χ2n) is 4.60. The fourth-order valence-electron chi connectivity index (χ4n) is 1.73. The van der Waals surface area contributed by atoms with Crippen LogP contribution in [0.2, 0.25) is 0 Å². The number of aliphatic hydroxyl groups is 1. The van der Waals surface area contributed by atoms with E-state index in [1.807, 2.05) is 0 Å². The zero-order valence-corrected chi connectivity index (χ0v) is 13.3. The molecule has 118 valence electrons. The number of nitrogens with one attached hydrogen (secondary N) is 1. The summed E-state index contributed by atoms with van der Waals surface area (Å²) < 4.78 is 28.6. The van der Waals surface area contributed by atoms with Crippen molar-refractivity contribution in [1.29, 1.82) is 0 Å². The van der Waals surface area contributed by atoms with E-state index in [0.717, 1.165) is 12.8 Å². The van der Waals surface area contributed by atoms with E-state index in [2.05, 4.69) is 24.4 Å². The van der Waals surface area contributed by atoms with Crippen molar-refractivity contribution in [2.24, 2.45) is 0 Å². The molecule has 0 unspecified atom stereocenters. The molecule has 0 saturated heterocycles. The van der Waals surface area contributed by atoms with E-state index in [9.17, 15) is 8.42 Å². The van der Waals surface area contributed by atoms with Gasteiger partial charge in [0.2, 0.25) is 0 Å². The molecular weight excluding hydrogens is 290 g/mol. The van der Waals surface area contributed by atoms with Crippen molar-refractivity contribution in [3.63, 3.8) is 0 Å². The first-order valence-corrected chi connectivity index (χ1v) is 8.84. The quantitative estimate of drug-likeness (QED) is 0.540. The summed E-state index contributed by atoms with van der Waals surface area (Å²) in [4.78, 5) is 0.241. The maximum Gasteiger partial charge on any atom is 0.175 e. The molecule has 0 aliphatic carbocycles. The van der Waals surface area contributed by atoms with Gasteiger partial charge < -0.3 is 15.2 Å². The van der Waals surface area contributed by atoms with Crippen LogP contribution in [-0.4, -0.2) is 39.5 Å². The van der Waals surface area contributed by atoms with E-state index in [4.69, 9.17) is 9.84 Å². The molecule has 6 heteroatoms. The monoisotopic (exact) mass is 313 g/mol. The van der Waals surface area contributed by atoms with Gasteiger partial charge in [0.25, 0.3) is 0 Å². The van der Waals surface area contributed by atoms with Crippen molar-refractivity contribution in [3.05, 3.63) is 30.4 Å². The standard InChI is InChI=1S/C15H23NO4S/c1-3-4-5-6-9-16-14-12-13(21(2,18)19)7-8-15(14)20-11-10-17/h4-5,7-8,12,16-17H,3,6,9-11H2,1-2H3. The Balaban J connectivity index is 2.86. The summed E-state index contributed by atoms with van der Waals surface area (Å²) in [6, 6.07) is 4.67. The Labute approximate surface area is 126 Å². The van der Waals surface area contributed by atoms with Crippen LogP contribution in [0.4, 0.5) is 5.69 Å². The van der Waals surface area contributed by atoms with Gasteiger partial charge >= 0.3 is 0 Å². The van der Waals surface area contributed by atoms with Gasteiger partial charge in [-0.2, -0.15) is 0 Å². The van der Waals surface area contributed by atoms with Gasteiger partial charge in [0.15, 0.2) is 9.84 Å². The van der Waals surface area contributed by atoms with Crippen molar-refractivity contribution in [2.75, 3.05) is 31.3 Å². The highest BCUT2D eigenvalue weighted by Crippen LogP contribution is 2.27. The number of hydrogen-bond donors (Lipinski definition) is 2. The Hall–Kier alpha value is -1.53. The SMILES string of the molecule is CCC=CCCNc1cc(S(C)(=O)=O)ccc1OCCO. The van der Waals surface area contributed by atoms with Gasteiger partial charge in [0, 0.05) is 12.8 Å². The van der Waals surface area contributed by atoms with Crippen LogP contribution in [0, 0.1) is 0 Å². The molecule has 0 aliphatic rings. The summed E-state index contributed by atoms with van der Waals surface area (Å²) in [5.41, 5.74) is 0.622. The van der Waals surface area contributed by atoms with Crippen molar-refractivity contribution < 1.29 is 18.3 Å². The maximum atomic E-state index is 11.6. The topological polar surface area (TPSA) is 75.6 Å². The molecule has 0 heterocycles. The van der Waals surface area contributed by atoms with Crippen LogP contribution in [-0.2, 0) is 9.84 Å². The molecule has 0 fully saturated rings. The van der Waals surface area contributed by atoms with E-state index in [1.165, 1.54) is 12.3 Å². The first-order chi connectivity index (χ1) is 9.99. The van der Waals surface area contributed by atoms with Gasteiger partial charge in [-0.3, -0.25) is 0 Å². The Kier molecular flexibility index (Phi) is 7.25. The molecule has 5 nitrogen and oxygen atoms in total. The van der Waals surface area contributed by atoms with Crippen LogP contribution < -0.4 is 10.1 Å². The van der Waals surface area contributed by atoms with Gasteiger partial charge in [-0.1, -0.05) is 19.1 Å². The number of sulfone groups is 1. The number of allylic oxidation sites excluding steroid dienone is 1. The average Bonchev–Trinajstić information content (AvgIpc) is 2.44. The highest BCUT2D eigenvalue weighted by atomic mass is 32.2. The van der Waals surface area contributed by atoms with Gasteiger partial charge in [-0.15, -0.1) is 0 Å². The minimum atomic E-state index is -3.26. The molecule has 0 bridgehead atoms. The molecule has 0 saturated carbocycles. The third kappa shape index (κ3) is 6.18. The van der Waals surface area contributed by atoms with Crippen molar-refractivity contribution >= 4 is 15.5 Å². The summed E-state index contributed by atoms with van der Waals surface area (Å²) in [7, 11) is -3.26. The third-order valence-corrected chi connectivity index (χ3v) is 3.87. The maximum absolute atomic E-state index is 11.6. The molecule has 0 aromatic heterocycles. The number of anilines is 1. The van der Waals surface area contributed by atoms with Crippen LogP contribution in [0.15, 0.2) is 35.2 Å². The van der Waals surface area contributed by atoms with E-state index in [1.54, 1.807) is 12.1 Å². The second-order valence-corrected chi connectivity index (χ2v) is 6.61. The third-order valence-electron chi connectivity index (χ3n) is 2.76. The fraction of sp³-hybridized carbons (Fsp3) is 0.467. The first kappa shape index (κ1) is 17.5. The zero-order valence-electron chi connectivity index (χ0n) is 12.5. The molecule has 0 amide bonds. The molecule has 2 N–H and O–H groups in total. The molecular formula is C15H23NO4S. The van der Waals surface area contributed by atoms with Crippen LogP contribution in [0.5, 0.6) is 5.75 Å². The van der Waals surface area contributed by atoms with Gasteiger partial charge in [-0.25, -0.2) is 8.42 Å². The zero-order chi connectivity index (χ0) is 15.7. The normalized spacial score (nSPS) is 11.8. The fourth-order valence-corrected chi connectivity index (χ4v) is 2.38. The molecule has 1 rings (SSSR count). The van der Waals surface area contributed by atoms with E-state index >= 15 is 0 Å². The lowest BCUT2D eigenvalue weighted by molar-refractivity contribution is 0.202. The summed E-state index contributed by atoms with van der Waals surface area (Å²) >= 11 is 0. The lowest BCUT2D eigenvalue weighted by Crippen LogP contribution is -2.08. The van der Waals surface area contributed by atoms with Crippen LogP contribution in [0.3, 0.4) is 0 Å². The van der Waals surface area contributed by atoms with Gasteiger partial charge in [0.05, 0.1) is 17.2 Å². The molecule has 0 radical (unpaired) electrons. The molecule has 0 atom stereocenters. The number of aliphatic hydroxyl groups excluding tert-OH is 1. The van der Waals surface area contributed by atoms with Crippen LogP contribution in [0.25, 0.3) is 0 Å². The van der Waals surface area contributed by atoms with Gasteiger partial charge in [-0.05, 0) is 31.0 Å². The Morgan fingerprint density at radius 2 is 2.10 bits per heavy atom. The predicted molar refractivity (Wildman–Crippen MR) is 84.7 cm³/mol. The van der Waals surface area contributed by atoms with Crippen LogP contribution in [0.1, 0.15) is 19.8 Å². The van der Waals surface area contributed by atoms with Gasteiger partial charge in [0.1, 0.15) is 12.4 Å². The highest BCUT2D eigenvalue weighted by Gasteiger charge is 2.11. The molecule has 21 heavy (non-hydrogen) atoms. The summed E-state index contributed by atoms with van der Waals surface area (Å²) in [5.74, 6) is 0.538. The van der Waals surface area contributed by atoms with E-state index in [0.29, 0.717) is 18.0 Å². The minimum absolute atomic E-state index is 0.0908. The number of benzene rings is 1. The average molecular weight is 313 g/mol. The Bertz CT molecular complexity index is 567. The van der Waals surface area contributed by atoms with Crippen LogP contribution >= 0.6 is 0 Å². The largest absolute Gasteiger partial charge is 0.489 e. The number of hydrogen-bond acceptors (Lipinski definition) is 5.